The van der Waals surface area contributed by atoms with Gasteiger partial charge in [0.25, 0.3) is 0 Å². The zero-order valence-electron chi connectivity index (χ0n) is 23.4. The van der Waals surface area contributed by atoms with E-state index in [1.807, 2.05) is 44.2 Å². The number of aliphatic hydroxyl groups is 1. The number of amides is 1. The van der Waals surface area contributed by atoms with Crippen LogP contribution in [0.1, 0.15) is 45.1 Å². The topological polar surface area (TPSA) is 166 Å². The summed E-state index contributed by atoms with van der Waals surface area (Å²) in [4.78, 5) is 12.8. The fourth-order valence-corrected chi connectivity index (χ4v) is 6.98. The summed E-state index contributed by atoms with van der Waals surface area (Å²) in [7, 11) is -3.87. The fourth-order valence-electron chi connectivity index (χ4n) is 4.92. The van der Waals surface area contributed by atoms with E-state index < -0.39 is 38.9 Å². The Hall–Kier alpha value is -2.70. The van der Waals surface area contributed by atoms with Crippen LogP contribution in [0.5, 0.6) is 0 Å². The number of sulfone groups is 1. The Balaban J connectivity index is 1.80. The first-order chi connectivity index (χ1) is 19.0. The number of hydrogen-bond acceptors (Lipinski definition) is 9. The van der Waals surface area contributed by atoms with E-state index in [2.05, 4.69) is 10.6 Å². The number of benzene rings is 2. The summed E-state index contributed by atoms with van der Waals surface area (Å²) in [6.45, 7) is 5.09. The van der Waals surface area contributed by atoms with E-state index in [0.717, 1.165) is 18.4 Å². The van der Waals surface area contributed by atoms with Crippen molar-refractivity contribution in [3.05, 3.63) is 60.2 Å². The molecule has 0 aromatic heterocycles. The lowest BCUT2D eigenvalue weighted by atomic mass is 9.86. The minimum atomic E-state index is -3.87. The molecule has 3 rings (SSSR count). The molecule has 2 aromatic carbocycles. The molecule has 7 N–H and O–H groups in total. The van der Waals surface area contributed by atoms with Crippen molar-refractivity contribution in [2.24, 2.45) is 11.1 Å². The van der Waals surface area contributed by atoms with Gasteiger partial charge in [0.05, 0.1) is 30.3 Å². The SMILES string of the molecule is CC(C)(CCCCN)C(NC[C@@H](O)[C@H](Cc1ccccc1)NC(=O)O[C@H]1CCOC1)S(=O)(=O)c1ccc(N)cc1. The second-order valence-corrected chi connectivity index (χ2v) is 13.1. The van der Waals surface area contributed by atoms with Crippen LogP contribution >= 0.6 is 0 Å². The molecule has 0 radical (unpaired) electrons. The maximum atomic E-state index is 13.9. The summed E-state index contributed by atoms with van der Waals surface area (Å²) < 4.78 is 38.5. The van der Waals surface area contributed by atoms with Gasteiger partial charge >= 0.3 is 6.09 Å². The van der Waals surface area contributed by atoms with Crippen LogP contribution in [0.25, 0.3) is 0 Å². The smallest absolute Gasteiger partial charge is 0.407 e. The third-order valence-electron chi connectivity index (χ3n) is 7.24. The molecular formula is C29H44N4O6S. The molecule has 1 fully saturated rings. The van der Waals surface area contributed by atoms with Crippen LogP contribution in [0.3, 0.4) is 0 Å². The summed E-state index contributed by atoms with van der Waals surface area (Å²) in [5.74, 6) is 0. The lowest BCUT2D eigenvalue weighted by molar-refractivity contribution is 0.0679. The summed E-state index contributed by atoms with van der Waals surface area (Å²) in [6, 6.07) is 14.8. The minimum absolute atomic E-state index is 0.0799. The molecule has 2 aromatic rings. The predicted octanol–water partition coefficient (Wildman–Crippen LogP) is 2.60. The Labute approximate surface area is 237 Å². The molecule has 0 saturated carbocycles. The maximum Gasteiger partial charge on any atom is 0.407 e. The summed E-state index contributed by atoms with van der Waals surface area (Å²) in [5, 5.41) is 16.2. The Morgan fingerprint density at radius 1 is 1.15 bits per heavy atom. The van der Waals surface area contributed by atoms with Crippen molar-refractivity contribution in [2.75, 3.05) is 32.0 Å². The van der Waals surface area contributed by atoms with Crippen LogP contribution in [0.4, 0.5) is 10.5 Å². The highest BCUT2D eigenvalue weighted by Gasteiger charge is 2.40. The molecule has 222 valence electrons. The van der Waals surface area contributed by atoms with Gasteiger partial charge in [-0.15, -0.1) is 0 Å². The molecule has 4 atom stereocenters. The van der Waals surface area contributed by atoms with E-state index in [0.29, 0.717) is 44.7 Å². The molecule has 1 heterocycles. The Morgan fingerprint density at radius 3 is 2.48 bits per heavy atom. The minimum Gasteiger partial charge on any atom is -0.444 e. The normalized spacial score (nSPS) is 18.1. The van der Waals surface area contributed by atoms with E-state index in [-0.39, 0.29) is 17.5 Å². The number of rotatable bonds is 15. The van der Waals surface area contributed by atoms with Crippen molar-refractivity contribution in [1.29, 1.82) is 0 Å². The number of unbranched alkanes of at least 4 members (excludes halogenated alkanes) is 1. The highest BCUT2D eigenvalue weighted by Crippen LogP contribution is 2.34. The highest BCUT2D eigenvalue weighted by atomic mass is 32.2. The Bertz CT molecular complexity index is 1150. The zero-order valence-corrected chi connectivity index (χ0v) is 24.2. The van der Waals surface area contributed by atoms with Crippen molar-refractivity contribution in [3.63, 3.8) is 0 Å². The van der Waals surface area contributed by atoms with Crippen molar-refractivity contribution in [2.45, 2.75) is 74.5 Å². The lowest BCUT2D eigenvalue weighted by Crippen LogP contribution is -2.54. The van der Waals surface area contributed by atoms with Gasteiger partial charge in [0, 0.05) is 18.7 Å². The number of ether oxygens (including phenoxy) is 2. The summed E-state index contributed by atoms with van der Waals surface area (Å²) in [5.41, 5.74) is 12.1. The third-order valence-corrected chi connectivity index (χ3v) is 9.60. The van der Waals surface area contributed by atoms with Crippen molar-refractivity contribution < 1.29 is 27.8 Å². The van der Waals surface area contributed by atoms with Crippen LogP contribution in [-0.4, -0.2) is 69.5 Å². The summed E-state index contributed by atoms with van der Waals surface area (Å²) in [6.07, 6.45) is 0.985. The fraction of sp³-hybridized carbons (Fsp3) is 0.552. The molecule has 0 aliphatic carbocycles. The van der Waals surface area contributed by atoms with Gasteiger partial charge in [-0.05, 0) is 61.1 Å². The van der Waals surface area contributed by atoms with Crippen LogP contribution in [0, 0.1) is 5.41 Å². The van der Waals surface area contributed by atoms with E-state index in [4.69, 9.17) is 20.9 Å². The van der Waals surface area contributed by atoms with Gasteiger partial charge in [0.15, 0.2) is 9.84 Å². The van der Waals surface area contributed by atoms with E-state index in [1.54, 1.807) is 12.1 Å². The monoisotopic (exact) mass is 576 g/mol. The first-order valence-electron chi connectivity index (χ1n) is 13.8. The molecule has 1 aliphatic heterocycles. The number of anilines is 1. The van der Waals surface area contributed by atoms with E-state index in [1.165, 1.54) is 12.1 Å². The van der Waals surface area contributed by atoms with Crippen molar-refractivity contribution in [1.82, 2.24) is 10.6 Å². The molecule has 11 heteroatoms. The van der Waals surface area contributed by atoms with Gasteiger partial charge in [-0.2, -0.15) is 0 Å². The van der Waals surface area contributed by atoms with Gasteiger partial charge in [-0.1, -0.05) is 50.6 Å². The van der Waals surface area contributed by atoms with Gasteiger partial charge in [-0.25, -0.2) is 13.2 Å². The molecular weight excluding hydrogens is 532 g/mol. The van der Waals surface area contributed by atoms with Crippen molar-refractivity contribution in [3.8, 4) is 0 Å². The molecule has 10 nitrogen and oxygen atoms in total. The molecule has 1 unspecified atom stereocenters. The molecule has 0 bridgehead atoms. The molecule has 1 saturated heterocycles. The number of carbonyl (C=O) groups excluding carboxylic acids is 1. The Kier molecular flexibility index (Phi) is 11.8. The van der Waals surface area contributed by atoms with Crippen LogP contribution in [-0.2, 0) is 25.7 Å². The number of nitrogens with two attached hydrogens (primary N) is 2. The lowest BCUT2D eigenvalue weighted by Gasteiger charge is -2.36. The number of hydrogen-bond donors (Lipinski definition) is 5. The van der Waals surface area contributed by atoms with Crippen LogP contribution in [0.2, 0.25) is 0 Å². The average Bonchev–Trinajstić information content (AvgIpc) is 3.42. The van der Waals surface area contributed by atoms with Gasteiger partial charge < -0.3 is 31.4 Å². The van der Waals surface area contributed by atoms with Gasteiger partial charge in [-0.3, -0.25) is 5.32 Å². The standard InChI is InChI=1S/C29H44N4O6S/c1-29(2,15-6-7-16-30)27(40(36,37)24-12-10-22(31)11-13-24)32-19-26(34)25(18-21-8-4-3-5-9-21)33-28(35)39-23-14-17-38-20-23/h3-5,8-13,23,25-27,32,34H,6-7,14-20,30-31H2,1-2H3,(H,33,35)/t23-,25-,26+,27?/m0/s1. The largest absolute Gasteiger partial charge is 0.444 e. The van der Waals surface area contributed by atoms with Crippen LogP contribution in [0.15, 0.2) is 59.5 Å². The van der Waals surface area contributed by atoms with E-state index >= 15 is 0 Å². The number of carbonyl (C=O) groups is 1. The second-order valence-electron chi connectivity index (χ2n) is 11.0. The van der Waals surface area contributed by atoms with Crippen LogP contribution < -0.4 is 22.1 Å². The number of aliphatic hydroxyl groups excluding tert-OH is 1. The first-order valence-corrected chi connectivity index (χ1v) is 15.4. The highest BCUT2D eigenvalue weighted by molar-refractivity contribution is 7.92. The Morgan fingerprint density at radius 2 is 1.85 bits per heavy atom. The molecule has 1 amide bonds. The average molecular weight is 577 g/mol. The zero-order chi connectivity index (χ0) is 29.2. The first kappa shape index (κ1) is 31.8. The number of nitrogen functional groups attached to an aromatic ring is 1. The molecule has 40 heavy (non-hydrogen) atoms. The summed E-state index contributed by atoms with van der Waals surface area (Å²) >= 11 is 0. The maximum absolute atomic E-state index is 13.9. The number of nitrogens with one attached hydrogen (secondary N) is 2. The van der Waals surface area contributed by atoms with Gasteiger partial charge in [0.1, 0.15) is 11.5 Å². The number of alkyl carbamates (subject to hydrolysis) is 1. The van der Waals surface area contributed by atoms with E-state index in [9.17, 15) is 18.3 Å². The third kappa shape index (κ3) is 9.17. The van der Waals surface area contributed by atoms with Gasteiger partial charge in [0.2, 0.25) is 0 Å². The second kappa shape index (κ2) is 14.8. The predicted molar refractivity (Wildman–Crippen MR) is 155 cm³/mol. The molecule has 0 spiro atoms. The quantitative estimate of drug-likeness (QED) is 0.158. The van der Waals surface area contributed by atoms with Crippen molar-refractivity contribution >= 4 is 21.6 Å². The molecule has 1 aliphatic rings.